The molecule has 1 aromatic heterocycles. The largest absolute Gasteiger partial charge is 0.490 e. The SMILES string of the molecule is C[C@@H]1CN([C@H](C)CO)C(=O)c2cc(NC(=O)c3ccncc3)ccc2O[C@@H](C)CCCCO[C@H]1CN(C)C(=O)Nc1ccc(F)cc1. The number of hydrogen-bond acceptors (Lipinski definition) is 7. The lowest BCUT2D eigenvalue weighted by atomic mass is 10.0. The summed E-state index contributed by atoms with van der Waals surface area (Å²) in [5.41, 5.74) is 1.55. The van der Waals surface area contributed by atoms with E-state index in [1.165, 1.54) is 41.6 Å². The summed E-state index contributed by atoms with van der Waals surface area (Å²) in [6, 6.07) is 12.7. The van der Waals surface area contributed by atoms with E-state index in [0.717, 1.165) is 12.8 Å². The maximum Gasteiger partial charge on any atom is 0.321 e. The van der Waals surface area contributed by atoms with Crippen LogP contribution in [0.5, 0.6) is 5.75 Å². The van der Waals surface area contributed by atoms with Crippen LogP contribution in [0.1, 0.15) is 60.7 Å². The number of hydrogen-bond donors (Lipinski definition) is 3. The number of benzene rings is 2. The highest BCUT2D eigenvalue weighted by Crippen LogP contribution is 2.29. The fourth-order valence-electron chi connectivity index (χ4n) is 5.27. The van der Waals surface area contributed by atoms with Gasteiger partial charge in [-0.05, 0) is 87.7 Å². The monoisotopic (exact) mass is 649 g/mol. The van der Waals surface area contributed by atoms with Gasteiger partial charge in [-0.25, -0.2) is 9.18 Å². The van der Waals surface area contributed by atoms with Crippen LogP contribution in [0.2, 0.25) is 0 Å². The normalized spacial score (nSPS) is 19.8. The molecule has 0 spiro atoms. The average Bonchev–Trinajstić information content (AvgIpc) is 3.07. The number of nitrogens with zero attached hydrogens (tertiary/aromatic N) is 3. The zero-order chi connectivity index (χ0) is 33.9. The summed E-state index contributed by atoms with van der Waals surface area (Å²) >= 11 is 0. The molecule has 4 amide bonds. The highest BCUT2D eigenvalue weighted by molar-refractivity contribution is 6.05. The van der Waals surface area contributed by atoms with Gasteiger partial charge >= 0.3 is 6.03 Å². The Balaban J connectivity index is 1.59. The van der Waals surface area contributed by atoms with Crippen LogP contribution < -0.4 is 15.4 Å². The Morgan fingerprint density at radius 2 is 1.77 bits per heavy atom. The maximum absolute atomic E-state index is 14.3. The lowest BCUT2D eigenvalue weighted by Gasteiger charge is -2.35. The van der Waals surface area contributed by atoms with Gasteiger partial charge in [0, 0.05) is 62.0 Å². The molecule has 2 aromatic carbocycles. The maximum atomic E-state index is 14.3. The Labute approximate surface area is 275 Å². The summed E-state index contributed by atoms with van der Waals surface area (Å²) < 4.78 is 25.9. The Hall–Kier alpha value is -4.55. The minimum Gasteiger partial charge on any atom is -0.490 e. The highest BCUT2D eigenvalue weighted by atomic mass is 19.1. The third kappa shape index (κ3) is 9.97. The first-order chi connectivity index (χ1) is 22.5. The van der Waals surface area contributed by atoms with Gasteiger partial charge in [-0.2, -0.15) is 0 Å². The third-order valence-corrected chi connectivity index (χ3v) is 8.15. The number of pyridine rings is 1. The number of aliphatic hydroxyl groups is 1. The Bertz CT molecular complexity index is 1490. The van der Waals surface area contributed by atoms with Gasteiger partial charge in [-0.3, -0.25) is 14.6 Å². The van der Waals surface area contributed by atoms with Gasteiger partial charge < -0.3 is 35.0 Å². The molecule has 0 fully saturated rings. The number of nitrogens with one attached hydrogen (secondary N) is 2. The van der Waals surface area contributed by atoms with Gasteiger partial charge in [-0.15, -0.1) is 0 Å². The highest BCUT2D eigenvalue weighted by Gasteiger charge is 2.31. The van der Waals surface area contributed by atoms with Gasteiger partial charge in [0.15, 0.2) is 0 Å². The molecule has 252 valence electrons. The van der Waals surface area contributed by atoms with Crippen molar-refractivity contribution in [2.24, 2.45) is 5.92 Å². The van der Waals surface area contributed by atoms with Crippen molar-refractivity contribution in [3.8, 4) is 5.75 Å². The molecular formula is C35H44FN5O6. The molecule has 0 unspecified atom stereocenters. The number of carbonyl (C=O) groups is 3. The van der Waals surface area contributed by atoms with Gasteiger partial charge in [0.1, 0.15) is 11.6 Å². The lowest BCUT2D eigenvalue weighted by molar-refractivity contribution is -0.0115. The molecule has 0 saturated carbocycles. The quantitative estimate of drug-likeness (QED) is 0.311. The summed E-state index contributed by atoms with van der Waals surface area (Å²) in [6.07, 6.45) is 4.71. The number of fused-ring (bicyclic) bond motifs is 1. The molecule has 0 aliphatic carbocycles. The van der Waals surface area contributed by atoms with E-state index >= 15 is 0 Å². The zero-order valence-corrected chi connectivity index (χ0v) is 27.3. The topological polar surface area (TPSA) is 133 Å². The molecule has 0 saturated heterocycles. The Morgan fingerprint density at radius 3 is 2.47 bits per heavy atom. The van der Waals surface area contributed by atoms with E-state index < -0.39 is 18.0 Å². The predicted molar refractivity (Wildman–Crippen MR) is 177 cm³/mol. The second kappa shape index (κ2) is 16.8. The van der Waals surface area contributed by atoms with Crippen molar-refractivity contribution in [1.82, 2.24) is 14.8 Å². The number of ether oxygens (including phenoxy) is 2. The molecule has 0 radical (unpaired) electrons. The van der Waals surface area contributed by atoms with Gasteiger partial charge in [0.25, 0.3) is 11.8 Å². The van der Waals surface area contributed by atoms with Crippen molar-refractivity contribution in [2.75, 3.05) is 44.0 Å². The average molecular weight is 650 g/mol. The summed E-state index contributed by atoms with van der Waals surface area (Å²) in [5.74, 6) is -0.997. The van der Waals surface area contributed by atoms with Crippen LogP contribution in [0.25, 0.3) is 0 Å². The number of aliphatic hydroxyl groups excluding tert-OH is 1. The summed E-state index contributed by atoms with van der Waals surface area (Å²) in [7, 11) is 1.65. The number of anilines is 2. The zero-order valence-electron chi connectivity index (χ0n) is 27.3. The first-order valence-electron chi connectivity index (χ1n) is 15.9. The molecule has 12 heteroatoms. The number of likely N-dealkylation sites (N-methyl/N-ethyl adjacent to an activating group) is 1. The lowest BCUT2D eigenvalue weighted by Crippen LogP contribution is -2.48. The van der Waals surface area contributed by atoms with E-state index in [2.05, 4.69) is 15.6 Å². The third-order valence-electron chi connectivity index (χ3n) is 8.15. The molecule has 4 rings (SSSR count). The number of carbonyl (C=O) groups excluding carboxylic acids is 3. The van der Waals surface area contributed by atoms with E-state index in [4.69, 9.17) is 9.47 Å². The second-order valence-electron chi connectivity index (χ2n) is 12.0. The van der Waals surface area contributed by atoms with Crippen LogP contribution in [-0.4, -0.2) is 89.3 Å². The second-order valence-corrected chi connectivity index (χ2v) is 12.0. The first-order valence-corrected chi connectivity index (χ1v) is 15.9. The number of aromatic nitrogens is 1. The van der Waals surface area contributed by atoms with Crippen LogP contribution in [0.4, 0.5) is 20.6 Å². The summed E-state index contributed by atoms with van der Waals surface area (Å²) in [6.45, 7) is 6.24. The molecule has 0 bridgehead atoms. The number of rotatable bonds is 7. The van der Waals surface area contributed by atoms with Crippen molar-refractivity contribution in [2.45, 2.75) is 58.3 Å². The molecule has 3 aromatic rings. The molecule has 4 atom stereocenters. The summed E-state index contributed by atoms with van der Waals surface area (Å²) in [4.78, 5) is 47.2. The fraction of sp³-hybridized carbons (Fsp3) is 0.429. The first kappa shape index (κ1) is 35.3. The van der Waals surface area contributed by atoms with Crippen molar-refractivity contribution in [3.05, 3.63) is 83.9 Å². The molecule has 1 aliphatic heterocycles. The van der Waals surface area contributed by atoms with E-state index in [9.17, 15) is 23.9 Å². The van der Waals surface area contributed by atoms with Crippen LogP contribution >= 0.6 is 0 Å². The van der Waals surface area contributed by atoms with E-state index in [1.807, 2.05) is 13.8 Å². The Morgan fingerprint density at radius 1 is 1.06 bits per heavy atom. The molecule has 3 N–H and O–H groups in total. The standard InChI is InChI=1S/C35H44FN5O6/c1-23-20-41(24(2)22-42)34(44)30-19-29(38-33(43)26-14-16-37-17-15-26)12-13-31(30)47-25(3)7-5-6-18-46-32(23)21-40(4)35(45)39-28-10-8-27(36)9-11-28/h8-17,19,23-25,32,42H,5-7,18,20-22H2,1-4H3,(H,38,43)(H,39,45)/t23-,24-,25+,32+/m1/s1. The van der Waals surface area contributed by atoms with Crippen LogP contribution in [0, 0.1) is 11.7 Å². The minimum atomic E-state index is -0.557. The number of urea groups is 1. The summed E-state index contributed by atoms with van der Waals surface area (Å²) in [5, 5.41) is 15.8. The molecule has 1 aliphatic rings. The van der Waals surface area contributed by atoms with Crippen LogP contribution in [-0.2, 0) is 4.74 Å². The van der Waals surface area contributed by atoms with E-state index in [-0.39, 0.29) is 55.1 Å². The number of halogens is 1. The van der Waals surface area contributed by atoms with Crippen molar-refractivity contribution in [3.63, 3.8) is 0 Å². The van der Waals surface area contributed by atoms with Crippen LogP contribution in [0.3, 0.4) is 0 Å². The van der Waals surface area contributed by atoms with Gasteiger partial charge in [0.05, 0.1) is 30.4 Å². The number of amides is 4. The van der Waals surface area contributed by atoms with Crippen LogP contribution in [0.15, 0.2) is 67.0 Å². The van der Waals surface area contributed by atoms with Gasteiger partial charge in [-0.1, -0.05) is 6.92 Å². The predicted octanol–water partition coefficient (Wildman–Crippen LogP) is 5.43. The molecular weight excluding hydrogens is 605 g/mol. The van der Waals surface area contributed by atoms with Gasteiger partial charge in [0.2, 0.25) is 0 Å². The smallest absolute Gasteiger partial charge is 0.321 e. The fourth-order valence-corrected chi connectivity index (χ4v) is 5.27. The van der Waals surface area contributed by atoms with Crippen molar-refractivity contribution in [1.29, 1.82) is 0 Å². The molecule has 47 heavy (non-hydrogen) atoms. The van der Waals surface area contributed by atoms with Crippen molar-refractivity contribution < 1.29 is 33.4 Å². The van der Waals surface area contributed by atoms with Crippen molar-refractivity contribution >= 4 is 29.2 Å². The van der Waals surface area contributed by atoms with E-state index in [0.29, 0.717) is 35.7 Å². The molecule has 2 heterocycles. The van der Waals surface area contributed by atoms with E-state index in [1.54, 1.807) is 49.2 Å². The molecule has 11 nitrogen and oxygen atoms in total. The minimum absolute atomic E-state index is 0.207. The Kier molecular flexibility index (Phi) is 12.7.